The first-order valence-corrected chi connectivity index (χ1v) is 10.5. The molecule has 3 aromatic rings. The van der Waals surface area contributed by atoms with Crippen LogP contribution in [0.4, 0.5) is 10.5 Å². The molecule has 5 rings (SSSR count). The van der Waals surface area contributed by atoms with Crippen LogP contribution >= 0.6 is 11.6 Å². The fourth-order valence-electron chi connectivity index (χ4n) is 3.40. The van der Waals surface area contributed by atoms with E-state index in [0.29, 0.717) is 22.9 Å². The first kappa shape index (κ1) is 19.6. The Bertz CT molecular complexity index is 1180. The molecular weight excluding hydrogens is 418 g/mol. The zero-order valence-corrected chi connectivity index (χ0v) is 17.3. The maximum Gasteiger partial charge on any atom is 0.342 e. The predicted molar refractivity (Wildman–Crippen MR) is 115 cm³/mol. The van der Waals surface area contributed by atoms with Gasteiger partial charge in [-0.05, 0) is 62.1 Å². The summed E-state index contributed by atoms with van der Waals surface area (Å²) in [5.74, 6) is -0.112. The molecule has 8 nitrogen and oxygen atoms in total. The van der Waals surface area contributed by atoms with Crippen molar-refractivity contribution in [3.8, 4) is 17.0 Å². The van der Waals surface area contributed by atoms with E-state index in [2.05, 4.69) is 20.7 Å². The predicted octanol–water partition coefficient (Wildman–Crippen LogP) is 4.15. The largest absolute Gasteiger partial charge is 0.507 e. The molecule has 0 unspecified atom stereocenters. The summed E-state index contributed by atoms with van der Waals surface area (Å²) in [7, 11) is 0. The Morgan fingerprint density at radius 2 is 1.94 bits per heavy atom. The summed E-state index contributed by atoms with van der Waals surface area (Å²) in [5, 5.41) is 20.7. The minimum absolute atomic E-state index is 0.00649. The topological polar surface area (TPSA) is 109 Å². The van der Waals surface area contributed by atoms with Crippen LogP contribution in [-0.2, 0) is 0 Å². The summed E-state index contributed by atoms with van der Waals surface area (Å²) >= 11 is 6.00. The molecule has 158 valence electrons. The van der Waals surface area contributed by atoms with Crippen molar-refractivity contribution in [1.29, 1.82) is 0 Å². The van der Waals surface area contributed by atoms with Crippen LogP contribution in [0.15, 0.2) is 42.6 Å². The van der Waals surface area contributed by atoms with Crippen LogP contribution in [0.2, 0.25) is 5.15 Å². The Hall–Kier alpha value is -3.39. The first-order chi connectivity index (χ1) is 15.0. The Labute approximate surface area is 183 Å². The molecule has 2 aliphatic carbocycles. The molecule has 1 aromatic carbocycles. The molecule has 2 saturated carbocycles. The van der Waals surface area contributed by atoms with E-state index in [1.54, 1.807) is 24.3 Å². The number of carbonyl (C=O) groups is 2. The number of halogens is 1. The third-order valence-corrected chi connectivity index (χ3v) is 5.67. The summed E-state index contributed by atoms with van der Waals surface area (Å²) < 4.78 is 1.41. The lowest BCUT2D eigenvalue weighted by molar-refractivity contribution is 0.102. The molecule has 3 N–H and O–H groups in total. The summed E-state index contributed by atoms with van der Waals surface area (Å²) in [6.45, 7) is 0. The number of hydrogen-bond acceptors (Lipinski definition) is 5. The minimum atomic E-state index is -0.414. The van der Waals surface area contributed by atoms with Gasteiger partial charge in [0.15, 0.2) is 0 Å². The van der Waals surface area contributed by atoms with E-state index < -0.39 is 5.91 Å². The molecule has 0 atom stereocenters. The van der Waals surface area contributed by atoms with Gasteiger partial charge in [-0.25, -0.2) is 9.78 Å². The molecule has 0 saturated heterocycles. The SMILES string of the molecule is O=C(Nc1ccc(O)c(-c2cc(C3CC3)n(C(=O)NC3CC3)n2)c1)c1cccnc1Cl. The quantitative estimate of drug-likeness (QED) is 0.410. The van der Waals surface area contributed by atoms with Crippen LogP contribution in [0, 0.1) is 0 Å². The molecule has 9 heteroatoms. The summed E-state index contributed by atoms with van der Waals surface area (Å²) in [6.07, 6.45) is 5.50. The van der Waals surface area contributed by atoms with E-state index in [0.717, 1.165) is 31.4 Å². The van der Waals surface area contributed by atoms with Crippen molar-refractivity contribution < 1.29 is 14.7 Å². The van der Waals surface area contributed by atoms with Crippen LogP contribution in [-0.4, -0.2) is 37.9 Å². The molecule has 31 heavy (non-hydrogen) atoms. The van der Waals surface area contributed by atoms with Crippen LogP contribution in [0.5, 0.6) is 5.75 Å². The van der Waals surface area contributed by atoms with Gasteiger partial charge in [-0.3, -0.25) is 4.79 Å². The molecule has 0 radical (unpaired) electrons. The summed E-state index contributed by atoms with van der Waals surface area (Å²) in [5.41, 5.74) is 2.44. The van der Waals surface area contributed by atoms with E-state index >= 15 is 0 Å². The molecule has 2 aromatic heterocycles. The van der Waals surface area contributed by atoms with Crippen molar-refractivity contribution in [2.75, 3.05) is 5.32 Å². The van der Waals surface area contributed by atoms with Gasteiger partial charge in [0, 0.05) is 29.4 Å². The molecule has 0 aliphatic heterocycles. The van der Waals surface area contributed by atoms with Gasteiger partial charge in [0.2, 0.25) is 0 Å². The Balaban J connectivity index is 1.44. The molecule has 0 spiro atoms. The highest BCUT2D eigenvalue weighted by molar-refractivity contribution is 6.33. The average Bonchev–Trinajstić information content (AvgIpc) is 3.69. The Morgan fingerprint density at radius 1 is 1.13 bits per heavy atom. The number of anilines is 1. The van der Waals surface area contributed by atoms with Gasteiger partial charge in [0.1, 0.15) is 10.9 Å². The van der Waals surface area contributed by atoms with E-state index in [1.807, 2.05) is 6.07 Å². The van der Waals surface area contributed by atoms with Crippen LogP contribution < -0.4 is 10.6 Å². The number of pyridine rings is 1. The molecule has 2 heterocycles. The number of aromatic nitrogens is 3. The molecule has 2 aliphatic rings. The fourth-order valence-corrected chi connectivity index (χ4v) is 3.60. The zero-order chi connectivity index (χ0) is 21.5. The number of rotatable bonds is 5. The number of nitrogens with zero attached hydrogens (tertiary/aromatic N) is 3. The number of hydrogen-bond donors (Lipinski definition) is 3. The minimum Gasteiger partial charge on any atom is -0.507 e. The maximum absolute atomic E-state index is 12.6. The second-order valence-electron chi connectivity index (χ2n) is 7.89. The summed E-state index contributed by atoms with van der Waals surface area (Å²) in [4.78, 5) is 29.1. The van der Waals surface area contributed by atoms with Gasteiger partial charge in [0.25, 0.3) is 5.91 Å². The van der Waals surface area contributed by atoms with Crippen molar-refractivity contribution in [3.63, 3.8) is 0 Å². The second kappa shape index (κ2) is 7.70. The smallest absolute Gasteiger partial charge is 0.342 e. The van der Waals surface area contributed by atoms with Crippen molar-refractivity contribution in [3.05, 3.63) is 59.0 Å². The Kier molecular flexibility index (Phi) is 4.86. The number of amides is 2. The number of nitrogens with one attached hydrogen (secondary N) is 2. The Morgan fingerprint density at radius 3 is 2.65 bits per heavy atom. The second-order valence-corrected chi connectivity index (χ2v) is 8.25. The molecular formula is C22H20ClN5O3. The normalized spacial score (nSPS) is 15.5. The third-order valence-electron chi connectivity index (χ3n) is 5.36. The van der Waals surface area contributed by atoms with Gasteiger partial charge in [0.05, 0.1) is 17.0 Å². The van der Waals surface area contributed by atoms with E-state index in [-0.39, 0.29) is 28.5 Å². The monoisotopic (exact) mass is 437 g/mol. The van der Waals surface area contributed by atoms with Crippen molar-refractivity contribution in [2.45, 2.75) is 37.6 Å². The highest BCUT2D eigenvalue weighted by atomic mass is 35.5. The molecule has 2 amide bonds. The lowest BCUT2D eigenvalue weighted by Gasteiger charge is -2.09. The number of phenolic OH excluding ortho intramolecular Hbond substituents is 1. The van der Waals surface area contributed by atoms with Crippen LogP contribution in [0.3, 0.4) is 0 Å². The summed E-state index contributed by atoms with van der Waals surface area (Å²) in [6, 6.07) is 9.71. The van der Waals surface area contributed by atoms with E-state index in [1.165, 1.54) is 16.9 Å². The number of aromatic hydroxyl groups is 1. The van der Waals surface area contributed by atoms with Gasteiger partial charge in [-0.15, -0.1) is 0 Å². The van der Waals surface area contributed by atoms with Gasteiger partial charge >= 0.3 is 6.03 Å². The van der Waals surface area contributed by atoms with E-state index in [9.17, 15) is 14.7 Å². The van der Waals surface area contributed by atoms with Crippen LogP contribution in [0.25, 0.3) is 11.3 Å². The van der Waals surface area contributed by atoms with Gasteiger partial charge < -0.3 is 15.7 Å². The lowest BCUT2D eigenvalue weighted by Crippen LogP contribution is -2.32. The number of phenols is 1. The third kappa shape index (κ3) is 4.11. The van der Waals surface area contributed by atoms with Crippen molar-refractivity contribution >= 4 is 29.2 Å². The molecule has 2 fully saturated rings. The van der Waals surface area contributed by atoms with Crippen molar-refractivity contribution in [2.24, 2.45) is 0 Å². The maximum atomic E-state index is 12.6. The van der Waals surface area contributed by atoms with Gasteiger partial charge in [-0.2, -0.15) is 9.78 Å². The fraction of sp³-hybridized carbons (Fsp3) is 0.273. The molecule has 0 bridgehead atoms. The van der Waals surface area contributed by atoms with E-state index in [4.69, 9.17) is 11.6 Å². The standard InChI is InChI=1S/C22H20ClN5O3/c23-20-15(2-1-9-24-20)21(30)25-14-7-8-19(29)16(10-14)17-11-18(12-3-4-12)28(27-17)22(31)26-13-5-6-13/h1-2,7-13,29H,3-6H2,(H,25,30)(H,26,31). The lowest BCUT2D eigenvalue weighted by atomic mass is 10.1. The zero-order valence-electron chi connectivity index (χ0n) is 16.5. The first-order valence-electron chi connectivity index (χ1n) is 10.2. The highest BCUT2D eigenvalue weighted by Gasteiger charge is 2.32. The van der Waals surface area contributed by atoms with Crippen molar-refractivity contribution in [1.82, 2.24) is 20.1 Å². The van der Waals surface area contributed by atoms with Crippen LogP contribution in [0.1, 0.15) is 47.7 Å². The average molecular weight is 438 g/mol. The highest BCUT2D eigenvalue weighted by Crippen LogP contribution is 2.42. The number of carbonyl (C=O) groups excluding carboxylic acids is 2. The number of benzene rings is 1. The van der Waals surface area contributed by atoms with Gasteiger partial charge in [-0.1, -0.05) is 11.6 Å².